The van der Waals surface area contributed by atoms with Crippen LogP contribution < -0.4 is 4.72 Å². The molecule has 4 aromatic rings. The highest BCUT2D eigenvalue weighted by atomic mass is 32.2. The van der Waals surface area contributed by atoms with Crippen molar-refractivity contribution in [2.75, 3.05) is 19.6 Å². The van der Waals surface area contributed by atoms with Gasteiger partial charge in [0.1, 0.15) is 11.4 Å². The third-order valence-corrected chi connectivity index (χ3v) is 7.03. The molecule has 1 aliphatic heterocycles. The molecule has 1 atom stereocenters. The van der Waals surface area contributed by atoms with E-state index in [0.717, 1.165) is 42.4 Å². The molecule has 0 amide bonds. The van der Waals surface area contributed by atoms with Crippen molar-refractivity contribution in [3.63, 3.8) is 0 Å². The number of fused-ring (bicyclic) bond motifs is 2. The smallest absolute Gasteiger partial charge is 0.274 e. The maximum Gasteiger partial charge on any atom is 0.274 e. The van der Waals surface area contributed by atoms with E-state index in [1.807, 2.05) is 18.2 Å². The van der Waals surface area contributed by atoms with E-state index in [9.17, 15) is 12.8 Å². The molecule has 0 aliphatic carbocycles. The molecule has 0 saturated carbocycles. The largest absolute Gasteiger partial charge is 0.443 e. The zero-order valence-electron chi connectivity index (χ0n) is 16.8. The lowest BCUT2D eigenvalue weighted by molar-refractivity contribution is 0.325. The van der Waals surface area contributed by atoms with Crippen LogP contribution in [-0.4, -0.2) is 44.2 Å². The normalized spacial score (nSPS) is 17.8. The van der Waals surface area contributed by atoms with Crippen LogP contribution >= 0.6 is 0 Å². The molecule has 1 fully saturated rings. The minimum Gasteiger partial charge on any atom is -0.443 e. The zero-order valence-corrected chi connectivity index (χ0v) is 17.6. The highest BCUT2D eigenvalue weighted by Crippen LogP contribution is 2.24. The molecule has 31 heavy (non-hydrogen) atoms. The molecule has 5 rings (SSSR count). The van der Waals surface area contributed by atoms with E-state index in [-0.39, 0.29) is 17.0 Å². The lowest BCUT2D eigenvalue weighted by Gasteiger charge is -2.16. The molecule has 2 aromatic carbocycles. The molecule has 0 radical (unpaired) electrons. The van der Waals surface area contributed by atoms with Crippen molar-refractivity contribution in [1.29, 1.82) is 0 Å². The zero-order chi connectivity index (χ0) is 21.4. The van der Waals surface area contributed by atoms with Crippen LogP contribution in [0.3, 0.4) is 0 Å². The summed E-state index contributed by atoms with van der Waals surface area (Å²) < 4.78 is 52.2. The Kier molecular flexibility index (Phi) is 5.25. The summed E-state index contributed by atoms with van der Waals surface area (Å²) in [4.78, 5) is 2.23. The Labute approximate surface area is 178 Å². The number of sulfonamides is 1. The first-order valence-corrected chi connectivity index (χ1v) is 11.7. The highest BCUT2D eigenvalue weighted by molar-refractivity contribution is 7.89. The molecule has 0 unspecified atom stereocenters. The standard InChI is InChI=1S/C22H22FN3O4S/c23-16-7-8-18-19(24-30-21(18)13-16)5-3-10-26-11-9-17(14-26)25-31(27,28)22-12-15-4-1-2-6-20(15)29-22/h1-2,4,6-8,12-13,17,25H,3,5,9-11,14H2/t17-/m0/s1. The van der Waals surface area contributed by atoms with Crippen LogP contribution in [-0.2, 0) is 16.4 Å². The van der Waals surface area contributed by atoms with Crippen LogP contribution in [0.4, 0.5) is 4.39 Å². The van der Waals surface area contributed by atoms with Gasteiger partial charge in [0, 0.05) is 35.5 Å². The lowest BCUT2D eigenvalue weighted by Crippen LogP contribution is -2.37. The van der Waals surface area contributed by atoms with Crippen molar-refractivity contribution < 1.29 is 21.7 Å². The third-order valence-electron chi connectivity index (χ3n) is 5.66. The van der Waals surface area contributed by atoms with Gasteiger partial charge in [-0.15, -0.1) is 0 Å². The molecule has 1 N–H and O–H groups in total. The first-order valence-electron chi connectivity index (χ1n) is 10.2. The minimum absolute atomic E-state index is 0.0542. The Morgan fingerprint density at radius 3 is 2.90 bits per heavy atom. The van der Waals surface area contributed by atoms with E-state index in [0.29, 0.717) is 24.1 Å². The van der Waals surface area contributed by atoms with Crippen molar-refractivity contribution >= 4 is 32.0 Å². The second kappa shape index (κ2) is 8.07. The van der Waals surface area contributed by atoms with Crippen molar-refractivity contribution in [3.05, 3.63) is 60.0 Å². The number of nitrogens with one attached hydrogen (secondary N) is 1. The number of rotatable bonds is 7. The SMILES string of the molecule is O=S(=O)(N[C@H]1CCN(CCCc2noc3cc(F)ccc23)C1)c1cc2ccccc2o1. The summed E-state index contributed by atoms with van der Waals surface area (Å²) in [6.45, 7) is 2.28. The second-order valence-corrected chi connectivity index (χ2v) is 9.53. The van der Waals surface area contributed by atoms with Gasteiger partial charge in [-0.05, 0) is 50.6 Å². The number of halogens is 1. The number of hydrogen-bond acceptors (Lipinski definition) is 6. The molecule has 9 heteroatoms. The molecule has 162 valence electrons. The van der Waals surface area contributed by atoms with E-state index in [4.69, 9.17) is 8.94 Å². The van der Waals surface area contributed by atoms with Gasteiger partial charge in [-0.2, -0.15) is 0 Å². The van der Waals surface area contributed by atoms with Crippen molar-refractivity contribution in [2.45, 2.75) is 30.4 Å². The first kappa shape index (κ1) is 20.2. The molecule has 7 nitrogen and oxygen atoms in total. The summed E-state index contributed by atoms with van der Waals surface area (Å²) in [5.74, 6) is -0.344. The Hall–Kier alpha value is -2.75. The number of aryl methyl sites for hydroxylation is 1. The molecule has 1 saturated heterocycles. The second-order valence-electron chi connectivity index (χ2n) is 7.88. The van der Waals surface area contributed by atoms with Gasteiger partial charge in [0.05, 0.1) is 5.69 Å². The average molecular weight is 444 g/mol. The molecule has 0 spiro atoms. The summed E-state index contributed by atoms with van der Waals surface area (Å²) in [6, 6.07) is 13.1. The van der Waals surface area contributed by atoms with Gasteiger partial charge in [-0.3, -0.25) is 0 Å². The summed E-state index contributed by atoms with van der Waals surface area (Å²) in [5.41, 5.74) is 1.83. The van der Waals surface area contributed by atoms with E-state index >= 15 is 0 Å². The molecule has 3 heterocycles. The quantitative estimate of drug-likeness (QED) is 0.469. The van der Waals surface area contributed by atoms with Crippen LogP contribution in [0, 0.1) is 5.82 Å². The topological polar surface area (TPSA) is 88.6 Å². The summed E-state index contributed by atoms with van der Waals surface area (Å²) in [5, 5.41) is 5.59. The van der Waals surface area contributed by atoms with Gasteiger partial charge in [0.2, 0.25) is 5.09 Å². The highest BCUT2D eigenvalue weighted by Gasteiger charge is 2.29. The van der Waals surface area contributed by atoms with E-state index in [2.05, 4.69) is 14.8 Å². The summed E-state index contributed by atoms with van der Waals surface area (Å²) in [6.07, 6.45) is 2.30. The average Bonchev–Trinajstić information content (AvgIpc) is 3.46. The molecular weight excluding hydrogens is 421 g/mol. The maximum absolute atomic E-state index is 13.3. The number of furan rings is 1. The number of aromatic nitrogens is 1. The van der Waals surface area contributed by atoms with Crippen LogP contribution in [0.5, 0.6) is 0 Å². The number of nitrogens with zero attached hydrogens (tertiary/aromatic N) is 2. The predicted molar refractivity (Wildman–Crippen MR) is 114 cm³/mol. The van der Waals surface area contributed by atoms with Crippen LogP contribution in [0.25, 0.3) is 21.9 Å². The number of hydrogen-bond donors (Lipinski definition) is 1. The van der Waals surface area contributed by atoms with Gasteiger partial charge in [0.25, 0.3) is 10.0 Å². The fourth-order valence-corrected chi connectivity index (χ4v) is 5.34. The summed E-state index contributed by atoms with van der Waals surface area (Å²) >= 11 is 0. The van der Waals surface area contributed by atoms with Crippen LogP contribution in [0.15, 0.2) is 62.6 Å². The molecular formula is C22H22FN3O4S. The Balaban J connectivity index is 1.15. The van der Waals surface area contributed by atoms with Crippen molar-refractivity contribution in [2.24, 2.45) is 0 Å². The van der Waals surface area contributed by atoms with Crippen molar-refractivity contribution in [1.82, 2.24) is 14.8 Å². The Morgan fingerprint density at radius 2 is 2.03 bits per heavy atom. The van der Waals surface area contributed by atoms with Gasteiger partial charge in [-0.1, -0.05) is 23.4 Å². The fourth-order valence-electron chi connectivity index (χ4n) is 4.11. The third kappa shape index (κ3) is 4.21. The van der Waals surface area contributed by atoms with E-state index < -0.39 is 10.0 Å². The number of para-hydroxylation sites is 1. The first-order chi connectivity index (χ1) is 15.0. The summed E-state index contributed by atoms with van der Waals surface area (Å²) in [7, 11) is -3.71. The monoisotopic (exact) mass is 443 g/mol. The predicted octanol–water partition coefficient (Wildman–Crippen LogP) is 3.70. The molecule has 2 aromatic heterocycles. The van der Waals surface area contributed by atoms with Crippen LogP contribution in [0.1, 0.15) is 18.5 Å². The van der Waals surface area contributed by atoms with Gasteiger partial charge in [-0.25, -0.2) is 17.5 Å². The van der Waals surface area contributed by atoms with Gasteiger partial charge < -0.3 is 13.8 Å². The van der Waals surface area contributed by atoms with Crippen LogP contribution in [0.2, 0.25) is 0 Å². The molecule has 0 bridgehead atoms. The fraction of sp³-hybridized carbons (Fsp3) is 0.318. The molecule has 1 aliphatic rings. The Morgan fingerprint density at radius 1 is 1.16 bits per heavy atom. The van der Waals surface area contributed by atoms with E-state index in [1.165, 1.54) is 12.1 Å². The van der Waals surface area contributed by atoms with Crippen molar-refractivity contribution in [3.8, 4) is 0 Å². The van der Waals surface area contributed by atoms with Gasteiger partial charge in [0.15, 0.2) is 5.58 Å². The maximum atomic E-state index is 13.3. The van der Waals surface area contributed by atoms with Gasteiger partial charge >= 0.3 is 0 Å². The van der Waals surface area contributed by atoms with E-state index in [1.54, 1.807) is 18.2 Å². The Bertz CT molecular complexity index is 1300. The number of benzene rings is 2. The lowest BCUT2D eigenvalue weighted by atomic mass is 10.1. The minimum atomic E-state index is -3.71. The number of likely N-dealkylation sites (tertiary alicyclic amines) is 1.